The van der Waals surface area contributed by atoms with E-state index in [2.05, 4.69) is 169 Å². The molecule has 0 bridgehead atoms. The number of hydrogen-bond acceptors (Lipinski definition) is 3. The first-order chi connectivity index (χ1) is 23.3. The van der Waals surface area contributed by atoms with Crippen molar-refractivity contribution >= 4 is 92.1 Å². The summed E-state index contributed by atoms with van der Waals surface area (Å²) in [7, 11) is 0. The summed E-state index contributed by atoms with van der Waals surface area (Å²) in [5, 5.41) is 9.67. The van der Waals surface area contributed by atoms with Crippen LogP contribution in [0.4, 0.5) is 17.1 Å². The van der Waals surface area contributed by atoms with Crippen LogP contribution < -0.4 is 4.90 Å². The molecule has 0 radical (unpaired) electrons. The lowest BCUT2D eigenvalue weighted by Crippen LogP contribution is -2.11. The fraction of sp³-hybridized carbons (Fsp3) is 0. The van der Waals surface area contributed by atoms with Crippen molar-refractivity contribution in [1.82, 2.24) is 0 Å². The summed E-state index contributed by atoms with van der Waals surface area (Å²) in [6, 6.07) is 59.0. The van der Waals surface area contributed by atoms with Crippen molar-refractivity contribution < 1.29 is 4.42 Å². The number of rotatable bonds is 4. The molecule has 2 heterocycles. The molecule has 2 aromatic heterocycles. The molecule has 0 saturated heterocycles. The first-order valence-electron chi connectivity index (χ1n) is 15.9. The van der Waals surface area contributed by atoms with Crippen LogP contribution in [0.2, 0.25) is 0 Å². The van der Waals surface area contributed by atoms with Gasteiger partial charge in [0, 0.05) is 42.0 Å². The Morgan fingerprint density at radius 2 is 1.13 bits per heavy atom. The Labute approximate surface area is 275 Å². The van der Waals surface area contributed by atoms with Gasteiger partial charge in [0.25, 0.3) is 0 Å². The quantitative estimate of drug-likeness (QED) is 0.183. The number of thiophene rings is 1. The van der Waals surface area contributed by atoms with E-state index in [1.165, 1.54) is 47.3 Å². The second kappa shape index (κ2) is 10.3. The molecule has 0 saturated carbocycles. The first kappa shape index (κ1) is 26.3. The Kier molecular flexibility index (Phi) is 5.78. The van der Waals surface area contributed by atoms with Gasteiger partial charge in [-0.2, -0.15) is 0 Å². The minimum absolute atomic E-state index is 0.875. The number of furan rings is 1. The second-order valence-corrected chi connectivity index (χ2v) is 13.2. The zero-order valence-corrected chi connectivity index (χ0v) is 26.2. The minimum atomic E-state index is 0.875. The number of benzene rings is 8. The molecule has 0 atom stereocenters. The molecule has 0 unspecified atom stereocenters. The third kappa shape index (κ3) is 4.04. The number of nitrogens with zero attached hydrogens (tertiary/aromatic N) is 1. The SMILES string of the molecule is c1ccc(-c2ccc(N(c3ccc4sc5ccccc5c4c3)c3cc4ccccc4c4ccccc34)c3oc4ccccc4c23)cc1. The maximum Gasteiger partial charge on any atom is 0.160 e. The molecule has 0 N–H and O–H groups in total. The Bertz CT molecular complexity index is 2810. The molecule has 0 spiro atoms. The summed E-state index contributed by atoms with van der Waals surface area (Å²) < 4.78 is 9.46. The number of fused-ring (bicyclic) bond motifs is 9. The molecule has 0 aliphatic heterocycles. The minimum Gasteiger partial charge on any atom is -0.454 e. The molecule has 0 aliphatic carbocycles. The largest absolute Gasteiger partial charge is 0.454 e. The summed E-state index contributed by atoms with van der Waals surface area (Å²) in [5.41, 5.74) is 7.31. The maximum atomic E-state index is 6.87. The summed E-state index contributed by atoms with van der Waals surface area (Å²) >= 11 is 1.85. The van der Waals surface area contributed by atoms with Gasteiger partial charge in [-0.1, -0.05) is 121 Å². The van der Waals surface area contributed by atoms with E-state index in [0.29, 0.717) is 0 Å². The Balaban J connectivity index is 1.35. The third-order valence-electron chi connectivity index (χ3n) is 9.44. The zero-order chi connectivity index (χ0) is 30.9. The van der Waals surface area contributed by atoms with Crippen molar-refractivity contribution in [2.75, 3.05) is 4.90 Å². The average Bonchev–Trinajstić information content (AvgIpc) is 3.71. The fourth-order valence-corrected chi connectivity index (χ4v) is 8.42. The molecule has 10 rings (SSSR count). The van der Waals surface area contributed by atoms with Crippen molar-refractivity contribution in [1.29, 1.82) is 0 Å². The molecule has 0 aliphatic rings. The monoisotopic (exact) mass is 617 g/mol. The van der Waals surface area contributed by atoms with Crippen molar-refractivity contribution in [2.45, 2.75) is 0 Å². The molecule has 2 nitrogen and oxygen atoms in total. The normalized spacial score (nSPS) is 11.8. The maximum absolute atomic E-state index is 6.87. The Hall–Kier alpha value is -5.90. The molecule has 3 heteroatoms. The van der Waals surface area contributed by atoms with Crippen molar-refractivity contribution in [2.24, 2.45) is 0 Å². The molecule has 220 valence electrons. The van der Waals surface area contributed by atoms with Gasteiger partial charge >= 0.3 is 0 Å². The topological polar surface area (TPSA) is 16.4 Å². The van der Waals surface area contributed by atoms with Gasteiger partial charge in [-0.25, -0.2) is 0 Å². The highest BCUT2D eigenvalue weighted by molar-refractivity contribution is 7.25. The lowest BCUT2D eigenvalue weighted by atomic mass is 9.96. The van der Waals surface area contributed by atoms with E-state index < -0.39 is 0 Å². The van der Waals surface area contributed by atoms with Gasteiger partial charge in [-0.3, -0.25) is 0 Å². The standard InChI is InChI=1S/C44H27NOS/c1-2-12-28(13-3-1)32-23-24-38(44-43(32)36-19-8-10-20-40(36)46-44)45(30-22-25-42-37(27-30)35-18-9-11-21-41(35)47-42)39-26-29-14-4-5-15-31(29)33-16-6-7-17-34(33)39/h1-27H. The van der Waals surface area contributed by atoms with Crippen LogP contribution in [0.3, 0.4) is 0 Å². The van der Waals surface area contributed by atoms with E-state index >= 15 is 0 Å². The van der Waals surface area contributed by atoms with Crippen LogP contribution in [0.25, 0.3) is 74.8 Å². The van der Waals surface area contributed by atoms with Gasteiger partial charge in [-0.15, -0.1) is 11.3 Å². The average molecular weight is 618 g/mol. The first-order valence-corrected chi connectivity index (χ1v) is 16.7. The lowest BCUT2D eigenvalue weighted by Gasteiger charge is -2.28. The van der Waals surface area contributed by atoms with Crippen molar-refractivity contribution in [3.63, 3.8) is 0 Å². The molecular formula is C44H27NOS. The molecule has 8 aromatic carbocycles. The van der Waals surface area contributed by atoms with E-state index in [9.17, 15) is 0 Å². The predicted molar refractivity (Wildman–Crippen MR) is 202 cm³/mol. The van der Waals surface area contributed by atoms with Gasteiger partial charge in [-0.05, 0) is 69.8 Å². The van der Waals surface area contributed by atoms with Crippen LogP contribution in [0.5, 0.6) is 0 Å². The van der Waals surface area contributed by atoms with E-state index in [-0.39, 0.29) is 0 Å². The van der Waals surface area contributed by atoms with Crippen LogP contribution in [0, 0.1) is 0 Å². The third-order valence-corrected chi connectivity index (χ3v) is 10.6. The van der Waals surface area contributed by atoms with Crippen LogP contribution in [-0.4, -0.2) is 0 Å². The van der Waals surface area contributed by atoms with E-state index in [0.717, 1.165) is 44.6 Å². The highest BCUT2D eigenvalue weighted by Gasteiger charge is 2.24. The molecule has 10 aromatic rings. The summed E-state index contributed by atoms with van der Waals surface area (Å²) in [5.74, 6) is 0. The fourth-order valence-electron chi connectivity index (χ4n) is 7.33. The lowest BCUT2D eigenvalue weighted by molar-refractivity contribution is 0.669. The van der Waals surface area contributed by atoms with Crippen LogP contribution in [0.15, 0.2) is 168 Å². The highest BCUT2D eigenvalue weighted by atomic mass is 32.1. The molecule has 0 fully saturated rings. The van der Waals surface area contributed by atoms with Gasteiger partial charge in [0.2, 0.25) is 0 Å². The van der Waals surface area contributed by atoms with Crippen LogP contribution in [0.1, 0.15) is 0 Å². The molecular weight excluding hydrogens is 591 g/mol. The van der Waals surface area contributed by atoms with Crippen molar-refractivity contribution in [3.8, 4) is 11.1 Å². The van der Waals surface area contributed by atoms with Crippen molar-refractivity contribution in [3.05, 3.63) is 164 Å². The van der Waals surface area contributed by atoms with Gasteiger partial charge in [0.15, 0.2) is 5.58 Å². The highest BCUT2D eigenvalue weighted by Crippen LogP contribution is 2.49. The van der Waals surface area contributed by atoms with Gasteiger partial charge < -0.3 is 9.32 Å². The van der Waals surface area contributed by atoms with E-state index in [1.54, 1.807) is 0 Å². The Morgan fingerprint density at radius 1 is 0.447 bits per heavy atom. The van der Waals surface area contributed by atoms with Crippen LogP contribution >= 0.6 is 11.3 Å². The number of anilines is 3. The van der Waals surface area contributed by atoms with E-state index in [4.69, 9.17) is 4.42 Å². The van der Waals surface area contributed by atoms with Gasteiger partial charge in [0.1, 0.15) is 5.58 Å². The molecule has 0 amide bonds. The van der Waals surface area contributed by atoms with E-state index in [1.807, 2.05) is 11.3 Å². The second-order valence-electron chi connectivity index (χ2n) is 12.1. The number of hydrogen-bond donors (Lipinski definition) is 0. The Morgan fingerprint density at radius 3 is 2.00 bits per heavy atom. The molecule has 47 heavy (non-hydrogen) atoms. The number of para-hydroxylation sites is 1. The summed E-state index contributed by atoms with van der Waals surface area (Å²) in [6.07, 6.45) is 0. The predicted octanol–water partition coefficient (Wildman–Crippen LogP) is 13.4. The van der Waals surface area contributed by atoms with Crippen LogP contribution in [-0.2, 0) is 0 Å². The smallest absolute Gasteiger partial charge is 0.160 e. The zero-order valence-electron chi connectivity index (χ0n) is 25.4. The summed E-state index contributed by atoms with van der Waals surface area (Å²) in [6.45, 7) is 0. The van der Waals surface area contributed by atoms with Gasteiger partial charge in [0.05, 0.1) is 11.4 Å². The summed E-state index contributed by atoms with van der Waals surface area (Å²) in [4.78, 5) is 2.42.